The molecule has 0 aliphatic heterocycles. The lowest BCUT2D eigenvalue weighted by molar-refractivity contribution is -0.139. The van der Waals surface area contributed by atoms with Crippen molar-refractivity contribution in [3.63, 3.8) is 0 Å². The molecule has 0 fully saturated rings. The molecule has 0 saturated carbocycles. The summed E-state index contributed by atoms with van der Waals surface area (Å²) < 4.78 is 23.9. The van der Waals surface area contributed by atoms with Gasteiger partial charge >= 0.3 is 20.3 Å². The summed E-state index contributed by atoms with van der Waals surface area (Å²) in [7, 11) is -5.31. The number of carbonyl (C=O) groups excluding carboxylic acids is 2. The summed E-state index contributed by atoms with van der Waals surface area (Å²) >= 11 is 0. The van der Waals surface area contributed by atoms with E-state index in [1.165, 1.54) is 0 Å². The van der Waals surface area contributed by atoms with Gasteiger partial charge in [0, 0.05) is 0 Å². The largest absolute Gasteiger partial charge is 0.517 e. The quantitative estimate of drug-likeness (QED) is 0.271. The number of benzene rings is 3. The SMILES string of the molecule is CC(C)(C)[Si](C)(C)OC(=O)COc1ccccc1OCC(=O)O[Si](c1ccccc1)(c1ccccc1)C(C)(C)C. The van der Waals surface area contributed by atoms with E-state index < -0.39 is 28.6 Å². The van der Waals surface area contributed by atoms with Crippen molar-refractivity contribution in [2.75, 3.05) is 13.2 Å². The third-order valence-corrected chi connectivity index (χ3v) is 16.7. The summed E-state index contributed by atoms with van der Waals surface area (Å²) in [5.74, 6) is -0.191. The van der Waals surface area contributed by atoms with Crippen LogP contribution in [-0.2, 0) is 18.4 Å². The highest BCUT2D eigenvalue weighted by Crippen LogP contribution is 2.38. The number of ether oxygens (including phenoxy) is 2. The Kier molecular flexibility index (Phi) is 9.69. The van der Waals surface area contributed by atoms with Crippen LogP contribution in [0.5, 0.6) is 11.5 Å². The molecule has 0 aliphatic rings. The summed E-state index contributed by atoms with van der Waals surface area (Å²) in [4.78, 5) is 26.0. The van der Waals surface area contributed by atoms with E-state index in [4.69, 9.17) is 18.3 Å². The lowest BCUT2D eigenvalue weighted by Gasteiger charge is -2.42. The molecule has 0 N–H and O–H groups in total. The highest BCUT2D eigenvalue weighted by atomic mass is 28.4. The monoisotopic (exact) mass is 578 g/mol. The molecule has 0 bridgehead atoms. The summed E-state index contributed by atoms with van der Waals surface area (Å²) in [5, 5.41) is 1.56. The third kappa shape index (κ3) is 7.23. The fourth-order valence-electron chi connectivity index (χ4n) is 4.28. The number of hydrogen-bond acceptors (Lipinski definition) is 6. The van der Waals surface area contributed by atoms with Gasteiger partial charge in [0.25, 0.3) is 8.32 Å². The van der Waals surface area contributed by atoms with Gasteiger partial charge in [0.15, 0.2) is 24.7 Å². The lowest BCUT2D eigenvalue weighted by Crippen LogP contribution is -2.67. The molecule has 214 valence electrons. The fraction of sp³-hybridized carbons (Fsp3) is 0.375. The molecule has 3 aromatic carbocycles. The van der Waals surface area contributed by atoms with E-state index in [1.54, 1.807) is 24.3 Å². The Morgan fingerprint density at radius 3 is 1.32 bits per heavy atom. The minimum Gasteiger partial charge on any atom is -0.517 e. The Hall–Kier alpha value is -3.37. The van der Waals surface area contributed by atoms with Crippen LogP contribution in [0.4, 0.5) is 0 Å². The number of para-hydroxylation sites is 2. The molecule has 0 spiro atoms. The molecule has 8 heteroatoms. The molecule has 0 saturated heterocycles. The first-order chi connectivity index (χ1) is 18.7. The van der Waals surface area contributed by atoms with Crippen molar-refractivity contribution in [2.45, 2.75) is 64.7 Å². The molecule has 0 amide bonds. The summed E-state index contributed by atoms with van der Waals surface area (Å²) in [6, 6.07) is 26.9. The Balaban J connectivity index is 1.77. The molecule has 40 heavy (non-hydrogen) atoms. The van der Waals surface area contributed by atoms with Gasteiger partial charge in [-0.05, 0) is 45.7 Å². The number of rotatable bonds is 10. The fourth-order valence-corrected chi connectivity index (χ4v) is 9.54. The van der Waals surface area contributed by atoms with Gasteiger partial charge in [-0.15, -0.1) is 0 Å². The maximum Gasteiger partial charge on any atom is 0.331 e. The number of hydrogen-bond donors (Lipinski definition) is 0. The van der Waals surface area contributed by atoms with Crippen molar-refractivity contribution in [1.82, 2.24) is 0 Å². The molecule has 0 heterocycles. The first kappa shape index (κ1) is 31.2. The molecule has 0 aliphatic carbocycles. The second-order valence-corrected chi connectivity index (χ2v) is 21.3. The predicted molar refractivity (Wildman–Crippen MR) is 164 cm³/mol. The number of carbonyl (C=O) groups is 2. The van der Waals surface area contributed by atoms with E-state index in [1.807, 2.05) is 73.8 Å². The Labute approximate surface area is 240 Å². The van der Waals surface area contributed by atoms with Crippen LogP contribution in [0.2, 0.25) is 23.2 Å². The average Bonchev–Trinajstić information content (AvgIpc) is 2.89. The van der Waals surface area contributed by atoms with Crippen molar-refractivity contribution < 1.29 is 27.9 Å². The average molecular weight is 579 g/mol. The van der Waals surface area contributed by atoms with E-state index in [0.717, 1.165) is 10.4 Å². The lowest BCUT2D eigenvalue weighted by atomic mass is 10.2. The van der Waals surface area contributed by atoms with Crippen LogP contribution in [0, 0.1) is 0 Å². The van der Waals surface area contributed by atoms with Crippen molar-refractivity contribution in [2.24, 2.45) is 0 Å². The highest BCUT2D eigenvalue weighted by Gasteiger charge is 2.53. The van der Waals surface area contributed by atoms with E-state index >= 15 is 0 Å². The molecule has 6 nitrogen and oxygen atoms in total. The normalized spacial score (nSPS) is 12.4. The van der Waals surface area contributed by atoms with Crippen molar-refractivity contribution >= 4 is 38.9 Å². The Morgan fingerprint density at radius 2 is 0.950 bits per heavy atom. The molecular weight excluding hydrogens is 537 g/mol. The Morgan fingerprint density at radius 1 is 0.575 bits per heavy atom. The van der Waals surface area contributed by atoms with Gasteiger partial charge < -0.3 is 18.3 Å². The van der Waals surface area contributed by atoms with Crippen LogP contribution < -0.4 is 19.8 Å². The first-order valence-corrected chi connectivity index (χ1v) is 18.4. The van der Waals surface area contributed by atoms with E-state index in [2.05, 4.69) is 41.5 Å². The van der Waals surface area contributed by atoms with Crippen LogP contribution >= 0.6 is 0 Å². The molecule has 3 rings (SSSR count). The standard InChI is InChI=1S/C32H42O6Si2/c1-31(2,3)39(7,8)37-29(33)23-35-27-21-15-16-22-28(27)36-24-30(34)38-40(32(4,5)6,25-17-11-9-12-18-25)26-19-13-10-14-20-26/h9-22H,23-24H2,1-8H3. The van der Waals surface area contributed by atoms with Crippen molar-refractivity contribution in [1.29, 1.82) is 0 Å². The van der Waals surface area contributed by atoms with Crippen LogP contribution in [-0.4, -0.2) is 41.8 Å². The third-order valence-electron chi connectivity index (χ3n) is 7.40. The van der Waals surface area contributed by atoms with Crippen LogP contribution in [0.15, 0.2) is 84.9 Å². The molecule has 0 atom stereocenters. The van der Waals surface area contributed by atoms with Gasteiger partial charge in [-0.1, -0.05) is 114 Å². The molecule has 0 unspecified atom stereocenters. The van der Waals surface area contributed by atoms with Gasteiger partial charge in [-0.3, -0.25) is 0 Å². The smallest absolute Gasteiger partial charge is 0.331 e. The zero-order valence-electron chi connectivity index (χ0n) is 24.9. The maximum absolute atomic E-state index is 13.4. The second-order valence-electron chi connectivity index (χ2n) is 12.4. The second kappa shape index (κ2) is 12.4. The van der Waals surface area contributed by atoms with Gasteiger partial charge in [-0.25, -0.2) is 9.59 Å². The van der Waals surface area contributed by atoms with Crippen LogP contribution in [0.3, 0.4) is 0 Å². The summed E-state index contributed by atoms with van der Waals surface area (Å²) in [6.07, 6.45) is 0. The van der Waals surface area contributed by atoms with Crippen LogP contribution in [0.25, 0.3) is 0 Å². The van der Waals surface area contributed by atoms with Gasteiger partial charge in [0.2, 0.25) is 0 Å². The summed E-state index contributed by atoms with van der Waals surface area (Å²) in [5.41, 5.74) is 0. The highest BCUT2D eigenvalue weighted by molar-refractivity contribution is 7.00. The zero-order chi connectivity index (χ0) is 29.6. The van der Waals surface area contributed by atoms with E-state index in [0.29, 0.717) is 11.5 Å². The molecule has 0 radical (unpaired) electrons. The molecule has 0 aromatic heterocycles. The molecular formula is C32H42O6Si2. The topological polar surface area (TPSA) is 71.1 Å². The van der Waals surface area contributed by atoms with Crippen molar-refractivity contribution in [3.8, 4) is 11.5 Å². The van der Waals surface area contributed by atoms with Gasteiger partial charge in [-0.2, -0.15) is 0 Å². The predicted octanol–water partition coefficient (Wildman–Crippen LogP) is 6.10. The Bertz CT molecular complexity index is 1240. The first-order valence-electron chi connectivity index (χ1n) is 13.6. The van der Waals surface area contributed by atoms with Crippen molar-refractivity contribution in [3.05, 3.63) is 84.9 Å². The zero-order valence-corrected chi connectivity index (χ0v) is 26.9. The maximum atomic E-state index is 13.4. The summed E-state index contributed by atoms with van der Waals surface area (Å²) in [6.45, 7) is 16.0. The minimum absolute atomic E-state index is 0.102. The van der Waals surface area contributed by atoms with E-state index in [9.17, 15) is 9.59 Å². The minimum atomic E-state index is -3.05. The van der Waals surface area contributed by atoms with Crippen LogP contribution in [0.1, 0.15) is 41.5 Å². The molecule has 3 aromatic rings. The van der Waals surface area contributed by atoms with Gasteiger partial charge in [0.05, 0.1) is 0 Å². The van der Waals surface area contributed by atoms with E-state index in [-0.39, 0.29) is 23.3 Å². The van der Waals surface area contributed by atoms with Gasteiger partial charge in [0.1, 0.15) is 0 Å².